The van der Waals surface area contributed by atoms with Crippen molar-refractivity contribution in [2.75, 3.05) is 26.2 Å². The van der Waals surface area contributed by atoms with E-state index in [-0.39, 0.29) is 17.9 Å². The number of fused-ring (bicyclic) bond motifs is 1. The second-order valence-electron chi connectivity index (χ2n) is 10.9. The topological polar surface area (TPSA) is 83.6 Å². The molecule has 2 aliphatic heterocycles. The molecule has 7 heteroatoms. The first-order valence-corrected chi connectivity index (χ1v) is 14.2. The van der Waals surface area contributed by atoms with Gasteiger partial charge in [0.15, 0.2) is 0 Å². The van der Waals surface area contributed by atoms with Gasteiger partial charge in [-0.05, 0) is 75.0 Å². The molecule has 1 aromatic heterocycles. The summed E-state index contributed by atoms with van der Waals surface area (Å²) < 4.78 is 5.96. The third-order valence-electron chi connectivity index (χ3n) is 8.10. The van der Waals surface area contributed by atoms with Gasteiger partial charge < -0.3 is 15.4 Å². The van der Waals surface area contributed by atoms with Gasteiger partial charge in [-0.1, -0.05) is 60.7 Å². The fourth-order valence-corrected chi connectivity index (χ4v) is 5.58. The number of nitrogens with one attached hydrogen (secondary N) is 2. The number of amides is 2. The molecule has 0 bridgehead atoms. The third kappa shape index (κ3) is 6.77. The Hall–Kier alpha value is -3.97. The van der Waals surface area contributed by atoms with Crippen LogP contribution in [0.15, 0.2) is 85.1 Å². The Labute approximate surface area is 236 Å². The van der Waals surface area contributed by atoms with Crippen LogP contribution < -0.4 is 15.4 Å². The van der Waals surface area contributed by atoms with Crippen LogP contribution >= 0.6 is 0 Å². The largest absolute Gasteiger partial charge is 0.489 e. The maximum Gasteiger partial charge on any atom is 0.255 e. The Morgan fingerprint density at radius 2 is 1.75 bits per heavy atom. The molecule has 3 heterocycles. The first-order valence-electron chi connectivity index (χ1n) is 14.2. The van der Waals surface area contributed by atoms with Crippen molar-refractivity contribution in [3.63, 3.8) is 0 Å². The van der Waals surface area contributed by atoms with E-state index in [0.717, 1.165) is 43.7 Å². The van der Waals surface area contributed by atoms with E-state index in [1.165, 1.54) is 5.56 Å². The summed E-state index contributed by atoms with van der Waals surface area (Å²) >= 11 is 0. The zero-order chi connectivity index (χ0) is 27.8. The highest BCUT2D eigenvalue weighted by molar-refractivity contribution is 5.97. The molecule has 2 amide bonds. The number of carbonyl (C=O) groups is 2. The molecule has 40 heavy (non-hydrogen) atoms. The number of benzene rings is 2. The van der Waals surface area contributed by atoms with Crippen molar-refractivity contribution in [1.29, 1.82) is 0 Å². The van der Waals surface area contributed by atoms with Gasteiger partial charge in [0.25, 0.3) is 5.91 Å². The molecule has 1 fully saturated rings. The maximum atomic E-state index is 14.0. The van der Waals surface area contributed by atoms with E-state index in [0.29, 0.717) is 37.3 Å². The molecule has 2 aromatic carbocycles. The van der Waals surface area contributed by atoms with Crippen LogP contribution in [0.1, 0.15) is 46.4 Å². The van der Waals surface area contributed by atoms with Crippen LogP contribution in [0.25, 0.3) is 0 Å². The van der Waals surface area contributed by atoms with Crippen LogP contribution in [0.4, 0.5) is 0 Å². The first kappa shape index (κ1) is 27.6. The van der Waals surface area contributed by atoms with Gasteiger partial charge >= 0.3 is 0 Å². The van der Waals surface area contributed by atoms with Crippen molar-refractivity contribution in [3.05, 3.63) is 107 Å². The van der Waals surface area contributed by atoms with Gasteiger partial charge in [0.2, 0.25) is 5.91 Å². The van der Waals surface area contributed by atoms with E-state index in [1.807, 2.05) is 54.7 Å². The number of aryl methyl sites for hydroxylation is 1. The molecule has 0 saturated carbocycles. The zero-order valence-corrected chi connectivity index (χ0v) is 23.1. The van der Waals surface area contributed by atoms with Crippen LogP contribution in [-0.4, -0.2) is 54.0 Å². The third-order valence-corrected chi connectivity index (χ3v) is 8.10. The van der Waals surface area contributed by atoms with Crippen molar-refractivity contribution in [3.8, 4) is 5.75 Å². The van der Waals surface area contributed by atoms with Gasteiger partial charge in [0, 0.05) is 19.3 Å². The molecule has 2 N–H and O–H groups in total. The van der Waals surface area contributed by atoms with Crippen molar-refractivity contribution in [2.45, 2.75) is 45.2 Å². The number of pyridine rings is 1. The number of rotatable bonds is 4. The number of piperidine rings is 1. The quantitative estimate of drug-likeness (QED) is 0.479. The van der Waals surface area contributed by atoms with Gasteiger partial charge in [-0.3, -0.25) is 19.5 Å². The van der Waals surface area contributed by atoms with Crippen molar-refractivity contribution < 1.29 is 14.3 Å². The molecule has 2 aliphatic rings. The van der Waals surface area contributed by atoms with Crippen LogP contribution in [0, 0.1) is 12.3 Å². The Bertz CT molecular complexity index is 1330. The maximum absolute atomic E-state index is 14.0. The van der Waals surface area contributed by atoms with Crippen molar-refractivity contribution in [2.24, 2.45) is 5.41 Å². The highest BCUT2D eigenvalue weighted by Gasteiger charge is 2.41. The molecular weight excluding hydrogens is 500 g/mol. The summed E-state index contributed by atoms with van der Waals surface area (Å²) in [5.74, 6) is 0.398. The number of para-hydroxylation sites is 1. The van der Waals surface area contributed by atoms with Crippen molar-refractivity contribution in [1.82, 2.24) is 20.5 Å². The second-order valence-corrected chi connectivity index (χ2v) is 10.9. The van der Waals surface area contributed by atoms with Gasteiger partial charge in [0.05, 0.1) is 22.7 Å². The predicted octanol–water partition coefficient (Wildman–Crippen LogP) is 4.47. The van der Waals surface area contributed by atoms with Gasteiger partial charge in [-0.2, -0.15) is 0 Å². The molecule has 7 nitrogen and oxygen atoms in total. The van der Waals surface area contributed by atoms with Gasteiger partial charge in [0.1, 0.15) is 12.4 Å². The Morgan fingerprint density at radius 1 is 0.975 bits per heavy atom. The lowest BCUT2D eigenvalue weighted by atomic mass is 9.74. The van der Waals surface area contributed by atoms with E-state index in [2.05, 4.69) is 51.7 Å². The highest BCUT2D eigenvalue weighted by atomic mass is 16.5. The predicted molar refractivity (Wildman–Crippen MR) is 156 cm³/mol. The molecule has 0 unspecified atom stereocenters. The number of likely N-dealkylation sites (tertiary alicyclic amines) is 1. The van der Waals surface area contributed by atoms with E-state index < -0.39 is 5.41 Å². The number of hydrogen-bond acceptors (Lipinski definition) is 5. The molecule has 3 aromatic rings. The lowest BCUT2D eigenvalue weighted by Crippen LogP contribution is -2.53. The Balaban J connectivity index is 1.36. The molecule has 5 rings (SSSR count). The minimum absolute atomic E-state index is 0.0550. The standard InChI is InChI=1S/C33H38N4O3/c1-25-10-9-18-34-29(25)24-37-19-16-33(17-20-37)15-7-8-21-40-30-14-6-5-13-28(30)31(38)35-23-27(36-32(33)39)22-26-11-3-2-4-12-26/h2-14,18,27H,15-17,19-24H2,1H3,(H,35,38)(H,36,39)/b8-7+/t27-/m1/s1. The summed E-state index contributed by atoms with van der Waals surface area (Å²) in [5, 5.41) is 6.40. The molecular formula is C33H38N4O3. The molecule has 0 radical (unpaired) electrons. The molecule has 1 saturated heterocycles. The van der Waals surface area contributed by atoms with Gasteiger partial charge in [-0.25, -0.2) is 0 Å². The fraction of sp³-hybridized carbons (Fsp3) is 0.364. The number of carbonyl (C=O) groups excluding carboxylic acids is 2. The van der Waals surface area contributed by atoms with Crippen LogP contribution in [0.5, 0.6) is 5.75 Å². The van der Waals surface area contributed by atoms with E-state index in [1.54, 1.807) is 6.07 Å². The number of allylic oxidation sites excluding steroid dienone is 1. The van der Waals surface area contributed by atoms with Gasteiger partial charge in [-0.15, -0.1) is 0 Å². The monoisotopic (exact) mass is 538 g/mol. The summed E-state index contributed by atoms with van der Waals surface area (Å²) in [6, 6.07) is 21.2. The lowest BCUT2D eigenvalue weighted by molar-refractivity contribution is -0.134. The van der Waals surface area contributed by atoms with E-state index >= 15 is 0 Å². The number of ether oxygens (including phenoxy) is 1. The second kappa shape index (κ2) is 12.9. The summed E-state index contributed by atoms with van der Waals surface area (Å²) in [6.07, 6.45) is 8.65. The highest BCUT2D eigenvalue weighted by Crippen LogP contribution is 2.37. The summed E-state index contributed by atoms with van der Waals surface area (Å²) in [7, 11) is 0. The number of hydrogen-bond donors (Lipinski definition) is 2. The number of aromatic nitrogens is 1. The fourth-order valence-electron chi connectivity index (χ4n) is 5.58. The average molecular weight is 539 g/mol. The average Bonchev–Trinajstić information content (AvgIpc) is 2.98. The summed E-state index contributed by atoms with van der Waals surface area (Å²) in [4.78, 5) is 34.1. The zero-order valence-electron chi connectivity index (χ0n) is 23.1. The van der Waals surface area contributed by atoms with E-state index in [4.69, 9.17) is 4.74 Å². The van der Waals surface area contributed by atoms with E-state index in [9.17, 15) is 9.59 Å². The summed E-state index contributed by atoms with van der Waals surface area (Å²) in [5.41, 5.74) is 3.36. The molecule has 208 valence electrons. The molecule has 1 atom stereocenters. The Kier molecular flexibility index (Phi) is 8.91. The Morgan fingerprint density at radius 3 is 2.55 bits per heavy atom. The number of nitrogens with zero attached hydrogens (tertiary/aromatic N) is 2. The summed E-state index contributed by atoms with van der Waals surface area (Å²) in [6.45, 7) is 5.18. The van der Waals surface area contributed by atoms with Crippen LogP contribution in [-0.2, 0) is 17.8 Å². The minimum atomic E-state index is -0.521. The first-order chi connectivity index (χ1) is 19.5. The molecule has 1 spiro atoms. The molecule has 0 aliphatic carbocycles. The normalized spacial score (nSPS) is 20.9. The smallest absolute Gasteiger partial charge is 0.255 e. The van der Waals surface area contributed by atoms with Crippen LogP contribution in [0.2, 0.25) is 0 Å². The lowest BCUT2D eigenvalue weighted by Gasteiger charge is -2.41. The SMILES string of the molecule is Cc1cccnc1CN1CCC2(C/C=C/COc3ccccc3C(=O)NC[C@@H](Cc3ccccc3)NC2=O)CC1. The van der Waals surface area contributed by atoms with Crippen LogP contribution in [0.3, 0.4) is 0 Å². The van der Waals surface area contributed by atoms with Crippen molar-refractivity contribution >= 4 is 11.8 Å². The minimum Gasteiger partial charge on any atom is -0.489 e.